The van der Waals surface area contributed by atoms with Gasteiger partial charge in [0.05, 0.1) is 0 Å². The third-order valence-electron chi connectivity index (χ3n) is 3.11. The Bertz CT molecular complexity index is 704. The molecule has 0 fully saturated rings. The van der Waals surface area contributed by atoms with E-state index >= 15 is 0 Å². The topological polar surface area (TPSA) is 60.2 Å². The van der Waals surface area contributed by atoms with Gasteiger partial charge in [-0.2, -0.15) is 5.26 Å². The van der Waals surface area contributed by atoms with Crippen molar-refractivity contribution in [2.45, 2.75) is 6.04 Å². The van der Waals surface area contributed by atoms with Crippen LogP contribution >= 0.6 is 11.6 Å². The molecule has 0 saturated carbocycles. The molecule has 2 N–H and O–H groups in total. The van der Waals surface area contributed by atoms with E-state index in [9.17, 15) is 0 Å². The molecule has 1 atom stereocenters. The van der Waals surface area contributed by atoms with Crippen molar-refractivity contribution in [1.29, 1.82) is 5.26 Å². The molecule has 0 spiro atoms. The van der Waals surface area contributed by atoms with E-state index in [4.69, 9.17) is 16.9 Å². The van der Waals surface area contributed by atoms with Gasteiger partial charge in [-0.3, -0.25) is 5.32 Å². The molecule has 20 heavy (non-hydrogen) atoms. The molecule has 5 heteroatoms. The first-order chi connectivity index (χ1) is 9.78. The molecular formula is C15H11ClN4. The summed E-state index contributed by atoms with van der Waals surface area (Å²) < 4.78 is 0. The minimum absolute atomic E-state index is 0.179. The second-order valence-corrected chi connectivity index (χ2v) is 4.82. The fourth-order valence-corrected chi connectivity index (χ4v) is 2.42. The SMILES string of the molecule is N#CNC1=N[C@@H](c2ccccc2)c2cc(Cl)ccc2N1. The van der Waals surface area contributed by atoms with Crippen LogP contribution in [0.25, 0.3) is 0 Å². The Labute approximate surface area is 121 Å². The van der Waals surface area contributed by atoms with Gasteiger partial charge in [0.2, 0.25) is 5.96 Å². The summed E-state index contributed by atoms with van der Waals surface area (Å²) in [6, 6.07) is 15.3. The number of nitrogens with one attached hydrogen (secondary N) is 2. The summed E-state index contributed by atoms with van der Waals surface area (Å²) in [6.07, 6.45) is 1.88. The van der Waals surface area contributed by atoms with Crippen molar-refractivity contribution in [2.75, 3.05) is 5.32 Å². The molecule has 0 bridgehead atoms. The largest absolute Gasteiger partial charge is 0.325 e. The van der Waals surface area contributed by atoms with Gasteiger partial charge in [-0.1, -0.05) is 41.9 Å². The minimum Gasteiger partial charge on any atom is -0.325 e. The summed E-state index contributed by atoms with van der Waals surface area (Å²) in [6.45, 7) is 0. The number of halogens is 1. The molecule has 1 heterocycles. The number of rotatable bonds is 1. The quantitative estimate of drug-likeness (QED) is 0.623. The van der Waals surface area contributed by atoms with E-state index in [1.165, 1.54) is 0 Å². The van der Waals surface area contributed by atoms with Crippen molar-refractivity contribution in [3.05, 3.63) is 64.7 Å². The second-order valence-electron chi connectivity index (χ2n) is 4.38. The minimum atomic E-state index is -0.179. The first-order valence-electron chi connectivity index (χ1n) is 6.12. The number of nitriles is 1. The summed E-state index contributed by atoms with van der Waals surface area (Å²) in [5, 5.41) is 15.1. The lowest BCUT2D eigenvalue weighted by Gasteiger charge is -2.24. The number of hydrogen-bond donors (Lipinski definition) is 2. The Morgan fingerprint density at radius 3 is 2.75 bits per heavy atom. The molecule has 0 unspecified atom stereocenters. The highest BCUT2D eigenvalue weighted by atomic mass is 35.5. The number of fused-ring (bicyclic) bond motifs is 1. The maximum Gasteiger partial charge on any atom is 0.210 e. The lowest BCUT2D eigenvalue weighted by Crippen LogP contribution is -2.31. The lowest BCUT2D eigenvalue weighted by molar-refractivity contribution is 0.852. The number of hydrogen-bond acceptors (Lipinski definition) is 4. The van der Waals surface area contributed by atoms with Crippen LogP contribution < -0.4 is 10.6 Å². The zero-order chi connectivity index (χ0) is 13.9. The Morgan fingerprint density at radius 2 is 2.00 bits per heavy atom. The van der Waals surface area contributed by atoms with Crippen LogP contribution in [-0.2, 0) is 0 Å². The molecule has 2 aromatic carbocycles. The van der Waals surface area contributed by atoms with E-state index in [1.54, 1.807) is 0 Å². The van der Waals surface area contributed by atoms with Crippen molar-refractivity contribution in [3.8, 4) is 6.19 Å². The summed E-state index contributed by atoms with van der Waals surface area (Å²) in [5.41, 5.74) is 2.94. The van der Waals surface area contributed by atoms with Crippen LogP contribution in [-0.4, -0.2) is 5.96 Å². The van der Waals surface area contributed by atoms with Crippen molar-refractivity contribution >= 4 is 23.2 Å². The number of benzene rings is 2. The van der Waals surface area contributed by atoms with Crippen LogP contribution in [0, 0.1) is 11.5 Å². The zero-order valence-electron chi connectivity index (χ0n) is 10.5. The molecule has 0 saturated heterocycles. The first kappa shape index (κ1) is 12.5. The van der Waals surface area contributed by atoms with Gasteiger partial charge < -0.3 is 5.32 Å². The number of aliphatic imine (C=N–C) groups is 1. The van der Waals surface area contributed by atoms with Crippen molar-refractivity contribution < 1.29 is 0 Å². The van der Waals surface area contributed by atoms with Crippen molar-refractivity contribution in [1.82, 2.24) is 5.32 Å². The molecular weight excluding hydrogens is 272 g/mol. The highest BCUT2D eigenvalue weighted by Crippen LogP contribution is 2.36. The number of nitrogens with zero attached hydrogens (tertiary/aromatic N) is 2. The molecule has 1 aliphatic heterocycles. The van der Waals surface area contributed by atoms with E-state index < -0.39 is 0 Å². The molecule has 4 nitrogen and oxygen atoms in total. The summed E-state index contributed by atoms with van der Waals surface area (Å²) >= 11 is 6.08. The molecule has 2 aromatic rings. The van der Waals surface area contributed by atoms with Crippen LogP contribution in [0.3, 0.4) is 0 Å². The van der Waals surface area contributed by atoms with Gasteiger partial charge in [0.25, 0.3) is 0 Å². The third-order valence-corrected chi connectivity index (χ3v) is 3.34. The number of guanidine groups is 1. The van der Waals surface area contributed by atoms with E-state index in [0.717, 1.165) is 16.8 Å². The molecule has 0 aromatic heterocycles. The normalized spacial score (nSPS) is 16.4. The van der Waals surface area contributed by atoms with Crippen LogP contribution in [0.5, 0.6) is 0 Å². The van der Waals surface area contributed by atoms with E-state index in [0.29, 0.717) is 11.0 Å². The summed E-state index contributed by atoms with van der Waals surface area (Å²) in [7, 11) is 0. The van der Waals surface area contributed by atoms with Crippen LogP contribution in [0.15, 0.2) is 53.5 Å². The third kappa shape index (κ3) is 2.31. The maximum atomic E-state index is 8.76. The molecule has 0 radical (unpaired) electrons. The molecule has 0 aliphatic carbocycles. The van der Waals surface area contributed by atoms with Crippen LogP contribution in [0.1, 0.15) is 17.2 Å². The molecule has 3 rings (SSSR count). The van der Waals surface area contributed by atoms with Gasteiger partial charge >= 0.3 is 0 Å². The fourth-order valence-electron chi connectivity index (χ4n) is 2.24. The van der Waals surface area contributed by atoms with E-state index in [1.807, 2.05) is 54.7 Å². The monoisotopic (exact) mass is 282 g/mol. The molecule has 98 valence electrons. The van der Waals surface area contributed by atoms with Gasteiger partial charge in [0.1, 0.15) is 6.04 Å². The van der Waals surface area contributed by atoms with Crippen molar-refractivity contribution in [3.63, 3.8) is 0 Å². The molecule has 1 aliphatic rings. The molecule has 0 amide bonds. The van der Waals surface area contributed by atoms with Gasteiger partial charge in [-0.05, 0) is 23.8 Å². The van der Waals surface area contributed by atoms with Crippen LogP contribution in [0.2, 0.25) is 5.02 Å². The van der Waals surface area contributed by atoms with Crippen molar-refractivity contribution in [2.24, 2.45) is 4.99 Å². The predicted octanol–water partition coefficient (Wildman–Crippen LogP) is 3.28. The standard InChI is InChI=1S/C15H11ClN4/c16-11-6-7-13-12(8-11)14(10-4-2-1-3-5-10)20-15(19-13)18-9-17/h1-8,14H,(H2,18,19,20)/t14-/m0/s1. The smallest absolute Gasteiger partial charge is 0.210 e. The van der Waals surface area contributed by atoms with E-state index in [-0.39, 0.29) is 6.04 Å². The van der Waals surface area contributed by atoms with E-state index in [2.05, 4.69) is 15.6 Å². The first-order valence-corrected chi connectivity index (χ1v) is 6.50. The second kappa shape index (κ2) is 5.24. The Balaban J connectivity index is 2.11. The Morgan fingerprint density at radius 1 is 1.20 bits per heavy atom. The van der Waals surface area contributed by atoms with Gasteiger partial charge in [-0.25, -0.2) is 4.99 Å². The van der Waals surface area contributed by atoms with Gasteiger partial charge in [-0.15, -0.1) is 0 Å². The van der Waals surface area contributed by atoms with Crippen LogP contribution in [0.4, 0.5) is 5.69 Å². The Kier molecular flexibility index (Phi) is 3.28. The summed E-state index contributed by atoms with van der Waals surface area (Å²) in [5.74, 6) is 0.441. The highest BCUT2D eigenvalue weighted by Gasteiger charge is 2.23. The zero-order valence-corrected chi connectivity index (χ0v) is 11.2. The Hall–Kier alpha value is -2.51. The van der Waals surface area contributed by atoms with Gasteiger partial charge in [0, 0.05) is 16.3 Å². The maximum absolute atomic E-state index is 8.76. The average Bonchev–Trinajstić information content (AvgIpc) is 2.48. The average molecular weight is 283 g/mol. The lowest BCUT2D eigenvalue weighted by atomic mass is 9.96. The number of anilines is 1. The fraction of sp³-hybridized carbons (Fsp3) is 0.0667. The highest BCUT2D eigenvalue weighted by molar-refractivity contribution is 6.30. The van der Waals surface area contributed by atoms with Gasteiger partial charge in [0.15, 0.2) is 6.19 Å². The predicted molar refractivity (Wildman–Crippen MR) is 79.5 cm³/mol. The summed E-state index contributed by atoms with van der Waals surface area (Å²) in [4.78, 5) is 4.54.